The van der Waals surface area contributed by atoms with Crippen molar-refractivity contribution in [3.05, 3.63) is 53.9 Å². The van der Waals surface area contributed by atoms with Crippen LogP contribution in [-0.2, 0) is 0 Å². The van der Waals surface area contributed by atoms with Crippen LogP contribution >= 0.6 is 11.6 Å². The van der Waals surface area contributed by atoms with Crippen molar-refractivity contribution in [3.63, 3.8) is 0 Å². The first kappa shape index (κ1) is 12.3. The number of fused-ring (bicyclic) bond motifs is 1. The maximum absolute atomic E-state index is 8.86. The van der Waals surface area contributed by atoms with Gasteiger partial charge in [0, 0.05) is 5.02 Å². The van der Waals surface area contributed by atoms with Crippen LogP contribution in [0.3, 0.4) is 0 Å². The number of halogens is 1. The molecule has 0 unspecified atom stereocenters. The van der Waals surface area contributed by atoms with E-state index in [-0.39, 0.29) is 5.75 Å². The Bertz CT molecular complexity index is 622. The maximum atomic E-state index is 8.86. The zero-order valence-corrected chi connectivity index (χ0v) is 10.1. The average Bonchev–Trinajstić information content (AvgIpc) is 2.83. The molecule has 0 radical (unpaired) electrons. The van der Waals surface area contributed by atoms with Gasteiger partial charge in [-0.05, 0) is 30.3 Å². The molecule has 0 atom stereocenters. The number of phenols is 1. The zero-order chi connectivity index (χ0) is 13.0. The summed E-state index contributed by atoms with van der Waals surface area (Å²) in [7, 11) is 0. The molecular formula is C13H11ClN2O2. The summed E-state index contributed by atoms with van der Waals surface area (Å²) >= 11 is 5.53. The summed E-state index contributed by atoms with van der Waals surface area (Å²) in [4.78, 5) is 3.95. The predicted octanol–water partition coefficient (Wildman–Crippen LogP) is 3.46. The van der Waals surface area contributed by atoms with Crippen LogP contribution in [0.5, 0.6) is 5.75 Å². The monoisotopic (exact) mass is 262 g/mol. The average molecular weight is 263 g/mol. The standard InChI is InChI=1S/C7H5NO.C6H6ClNO/c1-2-4-7-6(3-1)8-5-9-7;7-4-1-2-6(9)5(8)3-4/h1-5H;1-3,9H,8H2. The molecule has 0 bridgehead atoms. The van der Waals surface area contributed by atoms with E-state index in [4.69, 9.17) is 26.9 Å². The van der Waals surface area contributed by atoms with Crippen LogP contribution < -0.4 is 5.73 Å². The van der Waals surface area contributed by atoms with E-state index in [0.29, 0.717) is 10.7 Å². The van der Waals surface area contributed by atoms with Crippen LogP contribution in [0.1, 0.15) is 0 Å². The van der Waals surface area contributed by atoms with Crippen molar-refractivity contribution in [1.29, 1.82) is 0 Å². The summed E-state index contributed by atoms with van der Waals surface area (Å²) < 4.78 is 5.01. The molecule has 1 aromatic heterocycles. The van der Waals surface area contributed by atoms with Crippen LogP contribution in [0.2, 0.25) is 5.02 Å². The van der Waals surface area contributed by atoms with Gasteiger partial charge in [-0.3, -0.25) is 0 Å². The molecule has 0 amide bonds. The minimum Gasteiger partial charge on any atom is -0.506 e. The number of hydrogen-bond donors (Lipinski definition) is 2. The third-order valence-electron chi connectivity index (χ3n) is 2.23. The largest absolute Gasteiger partial charge is 0.506 e. The number of aromatic nitrogens is 1. The highest BCUT2D eigenvalue weighted by molar-refractivity contribution is 6.30. The Labute approximate surface area is 109 Å². The van der Waals surface area contributed by atoms with Crippen LogP contribution in [0.4, 0.5) is 5.69 Å². The number of anilines is 1. The zero-order valence-electron chi connectivity index (χ0n) is 9.38. The lowest BCUT2D eigenvalue weighted by molar-refractivity contribution is 0.478. The van der Waals surface area contributed by atoms with Gasteiger partial charge in [0.1, 0.15) is 11.3 Å². The van der Waals surface area contributed by atoms with E-state index in [0.717, 1.165) is 11.1 Å². The number of nitrogens with zero attached hydrogens (tertiary/aromatic N) is 1. The molecule has 4 nitrogen and oxygen atoms in total. The van der Waals surface area contributed by atoms with Crippen molar-refractivity contribution in [1.82, 2.24) is 4.98 Å². The number of para-hydroxylation sites is 2. The Kier molecular flexibility index (Phi) is 3.69. The number of hydrogen-bond acceptors (Lipinski definition) is 4. The Morgan fingerprint density at radius 3 is 2.61 bits per heavy atom. The second-order valence-corrected chi connectivity index (χ2v) is 3.96. The van der Waals surface area contributed by atoms with Gasteiger partial charge in [-0.25, -0.2) is 4.98 Å². The fourth-order valence-corrected chi connectivity index (χ4v) is 1.51. The molecule has 0 fully saturated rings. The van der Waals surface area contributed by atoms with Crippen LogP contribution in [0, 0.1) is 0 Å². The third-order valence-corrected chi connectivity index (χ3v) is 2.46. The molecule has 0 saturated carbocycles. The van der Waals surface area contributed by atoms with Gasteiger partial charge in [0.25, 0.3) is 0 Å². The van der Waals surface area contributed by atoms with Crippen LogP contribution in [0.15, 0.2) is 53.3 Å². The van der Waals surface area contributed by atoms with Crippen molar-refractivity contribution < 1.29 is 9.52 Å². The second kappa shape index (κ2) is 5.42. The number of rotatable bonds is 0. The van der Waals surface area contributed by atoms with Crippen molar-refractivity contribution >= 4 is 28.4 Å². The van der Waals surface area contributed by atoms with Gasteiger partial charge in [0.15, 0.2) is 12.0 Å². The Hall–Kier alpha value is -2.20. The third kappa shape index (κ3) is 2.93. The summed E-state index contributed by atoms with van der Waals surface area (Å²) in [5, 5.41) is 9.39. The number of oxazole rings is 1. The van der Waals surface area contributed by atoms with E-state index in [1.807, 2.05) is 24.3 Å². The number of nitrogen functional groups attached to an aromatic ring is 1. The van der Waals surface area contributed by atoms with E-state index in [1.165, 1.54) is 18.5 Å². The highest BCUT2D eigenvalue weighted by atomic mass is 35.5. The normalized spacial score (nSPS) is 9.83. The molecule has 18 heavy (non-hydrogen) atoms. The summed E-state index contributed by atoms with van der Waals surface area (Å²) in [6.45, 7) is 0. The van der Waals surface area contributed by atoms with Crippen molar-refractivity contribution in [2.24, 2.45) is 0 Å². The summed E-state index contributed by atoms with van der Waals surface area (Å²) in [6.07, 6.45) is 1.45. The highest BCUT2D eigenvalue weighted by Crippen LogP contribution is 2.22. The fraction of sp³-hybridized carbons (Fsp3) is 0. The van der Waals surface area contributed by atoms with Gasteiger partial charge >= 0.3 is 0 Å². The molecule has 0 saturated heterocycles. The molecule has 0 aliphatic heterocycles. The molecule has 3 rings (SSSR count). The van der Waals surface area contributed by atoms with Gasteiger partial charge in [-0.1, -0.05) is 23.7 Å². The smallest absolute Gasteiger partial charge is 0.181 e. The summed E-state index contributed by atoms with van der Waals surface area (Å²) in [6, 6.07) is 12.2. The quantitative estimate of drug-likeness (QED) is 0.481. The van der Waals surface area contributed by atoms with Gasteiger partial charge in [-0.2, -0.15) is 0 Å². The van der Waals surface area contributed by atoms with E-state index < -0.39 is 0 Å². The molecule has 3 N–H and O–H groups in total. The SMILES string of the molecule is Nc1cc(Cl)ccc1O.c1ccc2ocnc2c1. The first-order valence-corrected chi connectivity index (χ1v) is 5.57. The molecule has 92 valence electrons. The minimum absolute atomic E-state index is 0.0689. The number of benzene rings is 2. The molecule has 2 aromatic carbocycles. The van der Waals surface area contributed by atoms with Gasteiger partial charge in [-0.15, -0.1) is 0 Å². The topological polar surface area (TPSA) is 72.3 Å². The number of aromatic hydroxyl groups is 1. The molecule has 5 heteroatoms. The maximum Gasteiger partial charge on any atom is 0.181 e. The molecular weight excluding hydrogens is 252 g/mol. The first-order chi connectivity index (χ1) is 8.66. The van der Waals surface area contributed by atoms with Crippen molar-refractivity contribution in [3.8, 4) is 5.75 Å². The minimum atomic E-state index is 0.0689. The van der Waals surface area contributed by atoms with E-state index in [2.05, 4.69) is 4.98 Å². The van der Waals surface area contributed by atoms with Crippen molar-refractivity contribution in [2.45, 2.75) is 0 Å². The fourth-order valence-electron chi connectivity index (χ4n) is 1.33. The Morgan fingerprint density at radius 2 is 1.94 bits per heavy atom. The molecule has 0 spiro atoms. The Morgan fingerprint density at radius 1 is 1.17 bits per heavy atom. The van der Waals surface area contributed by atoms with E-state index in [9.17, 15) is 0 Å². The molecule has 3 aromatic rings. The molecule has 0 aliphatic rings. The van der Waals surface area contributed by atoms with Gasteiger partial charge < -0.3 is 15.3 Å². The number of nitrogens with two attached hydrogens (primary N) is 1. The van der Waals surface area contributed by atoms with E-state index >= 15 is 0 Å². The van der Waals surface area contributed by atoms with Crippen LogP contribution in [0.25, 0.3) is 11.1 Å². The highest BCUT2D eigenvalue weighted by Gasteiger charge is 1.94. The molecule has 1 heterocycles. The Balaban J connectivity index is 0.000000134. The lowest BCUT2D eigenvalue weighted by atomic mass is 10.3. The van der Waals surface area contributed by atoms with Crippen LogP contribution in [-0.4, -0.2) is 10.1 Å². The number of phenolic OH excluding ortho intramolecular Hbond substituents is 1. The van der Waals surface area contributed by atoms with E-state index in [1.54, 1.807) is 6.07 Å². The summed E-state index contributed by atoms with van der Waals surface area (Å²) in [5.74, 6) is 0.0689. The predicted molar refractivity (Wildman–Crippen MR) is 71.5 cm³/mol. The summed E-state index contributed by atoms with van der Waals surface area (Å²) in [5.41, 5.74) is 7.35. The molecule has 0 aliphatic carbocycles. The van der Waals surface area contributed by atoms with Crippen molar-refractivity contribution in [2.75, 3.05) is 5.73 Å². The second-order valence-electron chi connectivity index (χ2n) is 3.52. The van der Waals surface area contributed by atoms with Gasteiger partial charge in [0.2, 0.25) is 0 Å². The van der Waals surface area contributed by atoms with Gasteiger partial charge in [0.05, 0.1) is 5.69 Å². The first-order valence-electron chi connectivity index (χ1n) is 5.19. The lowest BCUT2D eigenvalue weighted by Gasteiger charge is -1.95. The lowest BCUT2D eigenvalue weighted by Crippen LogP contribution is -1.83.